The molecule has 0 heterocycles. The molecule has 0 saturated heterocycles. The molecule has 0 aromatic heterocycles. The van der Waals surface area contributed by atoms with Gasteiger partial charge >= 0.3 is 0 Å². The summed E-state index contributed by atoms with van der Waals surface area (Å²) in [5.41, 5.74) is 3.45. The van der Waals surface area contributed by atoms with E-state index in [1.54, 1.807) is 0 Å². The second kappa shape index (κ2) is 7.62. The Morgan fingerprint density at radius 1 is 0.708 bits per heavy atom. The number of hydrogen-bond acceptors (Lipinski definition) is 1. The van der Waals surface area contributed by atoms with Crippen LogP contribution in [0.15, 0.2) is 96.2 Å². The second-order valence-electron chi connectivity index (χ2n) is 5.21. The van der Waals surface area contributed by atoms with Gasteiger partial charge in [-0.2, -0.15) is 0 Å². The van der Waals surface area contributed by atoms with Crippen molar-refractivity contribution >= 4 is 29.3 Å². The van der Waals surface area contributed by atoms with Crippen LogP contribution in [0.1, 0.15) is 11.1 Å². The molecule has 0 spiro atoms. The fourth-order valence-corrected chi connectivity index (χ4v) is 2.90. The van der Waals surface area contributed by atoms with Crippen molar-refractivity contribution in [2.45, 2.75) is 0 Å². The zero-order valence-corrected chi connectivity index (χ0v) is 13.7. The quantitative estimate of drug-likeness (QED) is 0.458. The molecule has 118 valence electrons. The highest BCUT2D eigenvalue weighted by molar-refractivity contribution is 6.36. The molecule has 3 heteroatoms. The lowest BCUT2D eigenvalue weighted by molar-refractivity contribution is -0.107. The van der Waals surface area contributed by atoms with Crippen molar-refractivity contribution in [3.63, 3.8) is 0 Å². The summed E-state index contributed by atoms with van der Waals surface area (Å²) >= 11 is 6.69. The summed E-state index contributed by atoms with van der Waals surface area (Å²) in [5, 5.41) is 0.369. The van der Waals surface area contributed by atoms with Gasteiger partial charge in [-0.3, -0.25) is 9.69 Å². The molecule has 3 aromatic rings. The van der Waals surface area contributed by atoms with E-state index in [-0.39, 0.29) is 0 Å². The Morgan fingerprint density at radius 3 is 1.54 bits per heavy atom. The number of hydrogen-bond donors (Lipinski definition) is 0. The summed E-state index contributed by atoms with van der Waals surface area (Å²) in [5.74, 6) is 0. The minimum Gasteiger partial charge on any atom is -0.278 e. The van der Waals surface area contributed by atoms with Gasteiger partial charge in [-0.1, -0.05) is 90.5 Å². The second-order valence-corrected chi connectivity index (χ2v) is 5.57. The Kier molecular flexibility index (Phi) is 5.09. The summed E-state index contributed by atoms with van der Waals surface area (Å²) in [7, 11) is 0. The molecule has 1 amide bonds. The van der Waals surface area contributed by atoms with E-state index < -0.39 is 0 Å². The van der Waals surface area contributed by atoms with Crippen LogP contribution in [0, 0.1) is 0 Å². The van der Waals surface area contributed by atoms with E-state index >= 15 is 0 Å². The predicted molar refractivity (Wildman–Crippen MR) is 99.7 cm³/mol. The van der Waals surface area contributed by atoms with E-state index in [2.05, 4.69) is 0 Å². The maximum atomic E-state index is 11.7. The molecule has 0 aliphatic heterocycles. The number of carbonyl (C=O) groups is 1. The fraction of sp³-hybridized carbons (Fsp3) is 0. The van der Waals surface area contributed by atoms with Crippen LogP contribution in [-0.2, 0) is 4.79 Å². The van der Waals surface area contributed by atoms with Crippen LogP contribution in [0.3, 0.4) is 0 Å². The van der Waals surface area contributed by atoms with Gasteiger partial charge in [0, 0.05) is 11.3 Å². The van der Waals surface area contributed by atoms with E-state index in [1.165, 1.54) is 4.90 Å². The molecule has 0 saturated carbocycles. The zero-order chi connectivity index (χ0) is 16.8. The van der Waals surface area contributed by atoms with Crippen molar-refractivity contribution < 1.29 is 4.79 Å². The molecule has 24 heavy (non-hydrogen) atoms. The van der Waals surface area contributed by atoms with E-state index in [0.29, 0.717) is 5.16 Å². The Labute approximate surface area is 146 Å². The van der Waals surface area contributed by atoms with Crippen molar-refractivity contribution in [1.29, 1.82) is 0 Å². The average molecular weight is 334 g/mol. The third-order valence-electron chi connectivity index (χ3n) is 3.68. The van der Waals surface area contributed by atoms with Crippen LogP contribution in [0.4, 0.5) is 5.69 Å². The van der Waals surface area contributed by atoms with Gasteiger partial charge in [0.05, 0.1) is 0 Å². The van der Waals surface area contributed by atoms with Crippen LogP contribution < -0.4 is 4.90 Å². The highest BCUT2D eigenvalue weighted by Gasteiger charge is 2.17. The molecule has 3 aromatic carbocycles. The molecular formula is C21H16ClNO. The molecule has 0 aliphatic carbocycles. The summed E-state index contributed by atoms with van der Waals surface area (Å²) in [6, 6.07) is 29.0. The number of anilines is 1. The van der Waals surface area contributed by atoms with E-state index in [9.17, 15) is 4.79 Å². The summed E-state index contributed by atoms with van der Waals surface area (Å²) in [4.78, 5) is 13.2. The van der Waals surface area contributed by atoms with Gasteiger partial charge in [0.2, 0.25) is 6.41 Å². The summed E-state index contributed by atoms with van der Waals surface area (Å²) < 4.78 is 0. The number of benzene rings is 3. The molecule has 2 nitrogen and oxygen atoms in total. The number of amides is 1. The lowest BCUT2D eigenvalue weighted by atomic mass is 9.98. The molecule has 3 rings (SSSR count). The normalized spacial score (nSPS) is 10.0. The average Bonchev–Trinajstić information content (AvgIpc) is 2.65. The first-order valence-electron chi connectivity index (χ1n) is 7.61. The first-order valence-corrected chi connectivity index (χ1v) is 7.99. The van der Waals surface area contributed by atoms with Crippen molar-refractivity contribution in [1.82, 2.24) is 0 Å². The lowest BCUT2D eigenvalue weighted by Gasteiger charge is -2.21. The first-order chi connectivity index (χ1) is 11.8. The van der Waals surface area contributed by atoms with Crippen LogP contribution in [0.2, 0.25) is 0 Å². The van der Waals surface area contributed by atoms with Gasteiger partial charge in [0.15, 0.2) is 0 Å². The van der Waals surface area contributed by atoms with Crippen molar-refractivity contribution in [3.05, 3.63) is 107 Å². The van der Waals surface area contributed by atoms with Crippen molar-refractivity contribution in [2.75, 3.05) is 4.90 Å². The Morgan fingerprint density at radius 2 is 1.12 bits per heavy atom. The summed E-state index contributed by atoms with van der Waals surface area (Å²) in [6.07, 6.45) is 0.740. The molecule has 0 radical (unpaired) electrons. The first kappa shape index (κ1) is 16.0. The molecule has 0 bridgehead atoms. The molecular weight excluding hydrogens is 318 g/mol. The number of nitrogens with zero attached hydrogens (tertiary/aromatic N) is 1. The van der Waals surface area contributed by atoms with Gasteiger partial charge in [-0.15, -0.1) is 0 Å². The molecule has 0 N–H and O–H groups in total. The van der Waals surface area contributed by atoms with E-state index in [4.69, 9.17) is 11.6 Å². The number of halogens is 1. The Balaban J connectivity index is 2.19. The summed E-state index contributed by atoms with van der Waals surface area (Å²) in [6.45, 7) is 0. The Hall–Kier alpha value is -2.84. The monoisotopic (exact) mass is 333 g/mol. The van der Waals surface area contributed by atoms with Gasteiger partial charge < -0.3 is 0 Å². The maximum absolute atomic E-state index is 11.7. The zero-order valence-electron chi connectivity index (χ0n) is 13.0. The molecule has 0 atom stereocenters. The molecule has 0 aliphatic rings. The van der Waals surface area contributed by atoms with Gasteiger partial charge in [-0.25, -0.2) is 0 Å². The topological polar surface area (TPSA) is 20.3 Å². The highest BCUT2D eigenvalue weighted by Crippen LogP contribution is 2.32. The van der Waals surface area contributed by atoms with Gasteiger partial charge in [0.1, 0.15) is 5.16 Å². The molecule has 0 fully saturated rings. The SMILES string of the molecule is O=CN(C(Cl)=C(c1ccccc1)c1ccccc1)c1ccccc1. The lowest BCUT2D eigenvalue weighted by Crippen LogP contribution is -2.18. The minimum atomic E-state index is 0.369. The minimum absolute atomic E-state index is 0.369. The number of carbonyl (C=O) groups excluding carboxylic acids is 1. The standard InChI is InChI=1S/C21H16ClNO/c22-21(23(16-24)19-14-8-3-9-15-19)20(17-10-4-1-5-11-17)18-12-6-2-7-13-18/h1-16H. The number of rotatable bonds is 5. The Bertz CT molecular complexity index is 788. The van der Waals surface area contributed by atoms with Crippen molar-refractivity contribution in [2.24, 2.45) is 0 Å². The smallest absolute Gasteiger partial charge is 0.219 e. The van der Waals surface area contributed by atoms with E-state index in [1.807, 2.05) is 91.0 Å². The third kappa shape index (κ3) is 3.39. The van der Waals surface area contributed by atoms with Gasteiger partial charge in [0.25, 0.3) is 0 Å². The molecule has 0 unspecified atom stereocenters. The van der Waals surface area contributed by atoms with Gasteiger partial charge in [-0.05, 0) is 23.3 Å². The van der Waals surface area contributed by atoms with Crippen LogP contribution in [0.25, 0.3) is 5.57 Å². The van der Waals surface area contributed by atoms with Crippen LogP contribution in [-0.4, -0.2) is 6.41 Å². The fourth-order valence-electron chi connectivity index (χ4n) is 2.54. The highest BCUT2D eigenvalue weighted by atomic mass is 35.5. The van der Waals surface area contributed by atoms with Crippen LogP contribution in [0.5, 0.6) is 0 Å². The predicted octanol–water partition coefficient (Wildman–Crippen LogP) is 5.31. The number of para-hydroxylation sites is 1. The maximum Gasteiger partial charge on any atom is 0.219 e. The van der Waals surface area contributed by atoms with E-state index in [0.717, 1.165) is 28.8 Å². The third-order valence-corrected chi connectivity index (χ3v) is 4.05. The van der Waals surface area contributed by atoms with Crippen molar-refractivity contribution in [3.8, 4) is 0 Å². The van der Waals surface area contributed by atoms with Crippen LogP contribution >= 0.6 is 11.6 Å². The largest absolute Gasteiger partial charge is 0.278 e.